The van der Waals surface area contributed by atoms with Gasteiger partial charge in [0, 0.05) is 10.8 Å². The van der Waals surface area contributed by atoms with Gasteiger partial charge in [-0.15, -0.1) is 11.8 Å². The van der Waals surface area contributed by atoms with Gasteiger partial charge in [-0.05, 0) is 29.8 Å². The largest absolute Gasteiger partial charge is 0.467 e. The van der Waals surface area contributed by atoms with E-state index in [0.29, 0.717) is 21.4 Å². The van der Waals surface area contributed by atoms with Crippen LogP contribution >= 0.6 is 35.0 Å². The Hall–Kier alpha value is -1.69. The van der Waals surface area contributed by atoms with Crippen LogP contribution in [-0.4, -0.2) is 35.7 Å². The second-order valence-electron chi connectivity index (χ2n) is 5.47. The van der Waals surface area contributed by atoms with E-state index in [2.05, 4.69) is 0 Å². The quantitative estimate of drug-likeness (QED) is 0.721. The Bertz CT molecular complexity index is 814. The minimum atomic E-state index is -0.678. The summed E-state index contributed by atoms with van der Waals surface area (Å²) in [6, 6.07) is 13.4. The van der Waals surface area contributed by atoms with Crippen LogP contribution in [0.15, 0.2) is 48.5 Å². The fraction of sp³-hybridized carbons (Fsp3) is 0.222. The highest BCUT2D eigenvalue weighted by atomic mass is 35.5. The Morgan fingerprint density at radius 3 is 2.60 bits per heavy atom. The monoisotopic (exact) mass is 395 g/mol. The normalized spacial score (nSPS) is 19.7. The molecule has 3 rings (SSSR count). The molecule has 0 aromatic heterocycles. The van der Waals surface area contributed by atoms with Crippen molar-refractivity contribution in [2.75, 3.05) is 12.9 Å². The third-order valence-electron chi connectivity index (χ3n) is 3.95. The summed E-state index contributed by atoms with van der Waals surface area (Å²) in [4.78, 5) is 26.9. The van der Waals surface area contributed by atoms with E-state index in [1.807, 2.05) is 12.1 Å². The van der Waals surface area contributed by atoms with Gasteiger partial charge in [-0.1, -0.05) is 47.5 Å². The minimum Gasteiger partial charge on any atom is -0.467 e. The molecule has 1 aliphatic rings. The zero-order valence-corrected chi connectivity index (χ0v) is 15.6. The molecule has 0 aliphatic carbocycles. The first-order valence-electron chi connectivity index (χ1n) is 7.55. The maximum atomic E-state index is 13.2. The molecule has 2 aromatic rings. The molecular weight excluding hydrogens is 381 g/mol. The van der Waals surface area contributed by atoms with E-state index in [0.717, 1.165) is 5.56 Å². The van der Waals surface area contributed by atoms with Crippen molar-refractivity contribution < 1.29 is 14.3 Å². The molecule has 2 aromatic carbocycles. The average Bonchev–Trinajstić information content (AvgIpc) is 3.06. The molecule has 0 radical (unpaired) electrons. The number of hydrogen-bond acceptors (Lipinski definition) is 4. The summed E-state index contributed by atoms with van der Waals surface area (Å²) in [7, 11) is 1.32. The predicted molar refractivity (Wildman–Crippen MR) is 100 cm³/mol. The lowest BCUT2D eigenvalue weighted by molar-refractivity contribution is -0.145. The van der Waals surface area contributed by atoms with Crippen molar-refractivity contribution in [1.29, 1.82) is 0 Å². The van der Waals surface area contributed by atoms with Gasteiger partial charge in [-0.25, -0.2) is 4.79 Å². The number of carbonyl (C=O) groups is 2. The Labute approximate surface area is 160 Å². The van der Waals surface area contributed by atoms with Crippen LogP contribution in [0, 0.1) is 0 Å². The first-order valence-corrected chi connectivity index (χ1v) is 9.35. The third-order valence-corrected chi connectivity index (χ3v) is 5.83. The standard InChI is InChI=1S/C18H15Cl2NO3S/c1-24-18(23)15-10-25-17(11-5-4-6-12(19)9-11)21(15)16(22)13-7-2-3-8-14(13)20/h2-9,15,17H,10H2,1H3/t15-,17-/m1/s1. The van der Waals surface area contributed by atoms with Gasteiger partial charge in [0.25, 0.3) is 5.91 Å². The Kier molecular flexibility index (Phi) is 5.57. The summed E-state index contributed by atoms with van der Waals surface area (Å²) in [6.07, 6.45) is 0. The Morgan fingerprint density at radius 1 is 1.16 bits per heavy atom. The summed E-state index contributed by atoms with van der Waals surface area (Å²) in [5.74, 6) is -0.312. The molecule has 0 unspecified atom stereocenters. The first-order chi connectivity index (χ1) is 12.0. The lowest BCUT2D eigenvalue weighted by Gasteiger charge is -2.28. The Morgan fingerprint density at radius 2 is 1.92 bits per heavy atom. The van der Waals surface area contributed by atoms with Crippen molar-refractivity contribution >= 4 is 46.8 Å². The lowest BCUT2D eigenvalue weighted by atomic mass is 10.1. The second-order valence-corrected chi connectivity index (χ2v) is 7.43. The summed E-state index contributed by atoms with van der Waals surface area (Å²) in [5.41, 5.74) is 1.21. The number of esters is 1. The van der Waals surface area contributed by atoms with Crippen LogP contribution in [0.1, 0.15) is 21.3 Å². The second kappa shape index (κ2) is 7.68. The number of amides is 1. The van der Waals surface area contributed by atoms with Gasteiger partial charge in [0.15, 0.2) is 0 Å². The molecule has 1 aliphatic heterocycles. The molecule has 1 amide bonds. The van der Waals surface area contributed by atoms with E-state index in [1.165, 1.54) is 23.8 Å². The van der Waals surface area contributed by atoms with Gasteiger partial charge in [-0.3, -0.25) is 4.79 Å². The molecular formula is C18H15Cl2NO3S. The van der Waals surface area contributed by atoms with E-state index in [4.69, 9.17) is 27.9 Å². The molecule has 1 heterocycles. The summed E-state index contributed by atoms with van der Waals surface area (Å²) in [5, 5.41) is 0.578. The molecule has 25 heavy (non-hydrogen) atoms. The van der Waals surface area contributed by atoms with Gasteiger partial charge < -0.3 is 9.64 Å². The number of halogens is 2. The lowest BCUT2D eigenvalue weighted by Crippen LogP contribution is -2.43. The van der Waals surface area contributed by atoms with Gasteiger partial charge in [0.2, 0.25) is 0 Å². The summed E-state index contributed by atoms with van der Waals surface area (Å²) in [6.45, 7) is 0. The van der Waals surface area contributed by atoms with Crippen LogP contribution in [0.3, 0.4) is 0 Å². The van der Waals surface area contributed by atoms with Crippen molar-refractivity contribution in [1.82, 2.24) is 4.90 Å². The first kappa shape index (κ1) is 18.1. The molecule has 1 fully saturated rings. The maximum absolute atomic E-state index is 13.2. The minimum absolute atomic E-state index is 0.309. The molecule has 130 valence electrons. The molecule has 0 saturated carbocycles. The van der Waals surface area contributed by atoms with Gasteiger partial charge >= 0.3 is 5.97 Å². The van der Waals surface area contributed by atoms with Crippen LogP contribution in [0.4, 0.5) is 0 Å². The number of carbonyl (C=O) groups excluding carboxylic acids is 2. The maximum Gasteiger partial charge on any atom is 0.329 e. The van der Waals surface area contributed by atoms with Crippen LogP contribution in [-0.2, 0) is 9.53 Å². The molecule has 2 atom stereocenters. The van der Waals surface area contributed by atoms with E-state index in [-0.39, 0.29) is 11.3 Å². The van der Waals surface area contributed by atoms with Crippen molar-refractivity contribution in [3.8, 4) is 0 Å². The third kappa shape index (κ3) is 3.64. The highest BCUT2D eigenvalue weighted by molar-refractivity contribution is 7.99. The van der Waals surface area contributed by atoms with Crippen LogP contribution in [0.25, 0.3) is 0 Å². The smallest absolute Gasteiger partial charge is 0.329 e. The van der Waals surface area contributed by atoms with E-state index in [1.54, 1.807) is 36.4 Å². The molecule has 4 nitrogen and oxygen atoms in total. The molecule has 1 saturated heterocycles. The number of methoxy groups -OCH3 is 1. The predicted octanol–water partition coefficient (Wildman–Crippen LogP) is 4.42. The van der Waals surface area contributed by atoms with Gasteiger partial charge in [-0.2, -0.15) is 0 Å². The van der Waals surface area contributed by atoms with Crippen LogP contribution < -0.4 is 0 Å². The van der Waals surface area contributed by atoms with Crippen molar-refractivity contribution in [2.45, 2.75) is 11.4 Å². The average molecular weight is 396 g/mol. The van der Waals surface area contributed by atoms with Crippen LogP contribution in [0.2, 0.25) is 10.0 Å². The van der Waals surface area contributed by atoms with E-state index in [9.17, 15) is 9.59 Å². The number of nitrogens with zero attached hydrogens (tertiary/aromatic N) is 1. The summed E-state index contributed by atoms with van der Waals surface area (Å²) >= 11 is 13.8. The molecule has 7 heteroatoms. The van der Waals surface area contributed by atoms with Crippen LogP contribution in [0.5, 0.6) is 0 Å². The number of thioether (sulfide) groups is 1. The number of rotatable bonds is 3. The summed E-state index contributed by atoms with van der Waals surface area (Å²) < 4.78 is 4.88. The molecule has 0 bridgehead atoms. The zero-order chi connectivity index (χ0) is 18.0. The number of hydrogen-bond donors (Lipinski definition) is 0. The van der Waals surface area contributed by atoms with Crippen molar-refractivity contribution in [3.05, 3.63) is 69.7 Å². The van der Waals surface area contributed by atoms with Gasteiger partial charge in [0.05, 0.1) is 17.7 Å². The van der Waals surface area contributed by atoms with E-state index >= 15 is 0 Å². The number of ether oxygens (including phenoxy) is 1. The van der Waals surface area contributed by atoms with Crippen molar-refractivity contribution in [2.24, 2.45) is 0 Å². The molecule has 0 spiro atoms. The highest BCUT2D eigenvalue weighted by Gasteiger charge is 2.43. The fourth-order valence-corrected chi connectivity index (χ4v) is 4.58. The number of benzene rings is 2. The van der Waals surface area contributed by atoms with Crippen molar-refractivity contribution in [3.63, 3.8) is 0 Å². The SMILES string of the molecule is COC(=O)[C@H]1CS[C@H](c2cccc(Cl)c2)N1C(=O)c1ccccc1Cl. The zero-order valence-electron chi connectivity index (χ0n) is 13.3. The Balaban J connectivity index is 2.03. The van der Waals surface area contributed by atoms with Gasteiger partial charge in [0.1, 0.15) is 11.4 Å². The highest BCUT2D eigenvalue weighted by Crippen LogP contribution is 2.43. The fourth-order valence-electron chi connectivity index (χ4n) is 2.76. The molecule has 0 N–H and O–H groups in total. The topological polar surface area (TPSA) is 46.6 Å². The van der Waals surface area contributed by atoms with E-state index < -0.39 is 12.0 Å².